The molecule has 2 N–H and O–H groups in total. The lowest BCUT2D eigenvalue weighted by molar-refractivity contribution is -0.149. The van der Waals surface area contributed by atoms with Gasteiger partial charge in [0.2, 0.25) is 5.91 Å². The summed E-state index contributed by atoms with van der Waals surface area (Å²) < 4.78 is 4.81. The van der Waals surface area contributed by atoms with E-state index >= 15 is 0 Å². The molecule has 6 heteroatoms. The molecule has 0 aliphatic heterocycles. The predicted octanol–water partition coefficient (Wildman–Crippen LogP) is 1.19. The summed E-state index contributed by atoms with van der Waals surface area (Å²) in [5.74, 6) is -2.34. The van der Waals surface area contributed by atoms with Gasteiger partial charge in [0.15, 0.2) is 0 Å². The van der Waals surface area contributed by atoms with Crippen LogP contribution in [0.5, 0.6) is 0 Å². The minimum Gasteiger partial charge on any atom is -0.480 e. The lowest BCUT2D eigenvalue weighted by atomic mass is 10.0. The van der Waals surface area contributed by atoms with Crippen molar-refractivity contribution in [2.24, 2.45) is 11.8 Å². The first kappa shape index (κ1) is 17.4. The number of carbonyl (C=O) groups is 3. The van der Waals surface area contributed by atoms with E-state index in [2.05, 4.69) is 5.32 Å². The van der Waals surface area contributed by atoms with E-state index in [9.17, 15) is 14.4 Å². The highest BCUT2D eigenvalue weighted by atomic mass is 16.5. The fourth-order valence-corrected chi connectivity index (χ4v) is 1.58. The van der Waals surface area contributed by atoms with Crippen LogP contribution in [0, 0.1) is 11.8 Å². The molecule has 0 aromatic heterocycles. The Morgan fingerprint density at radius 2 is 1.79 bits per heavy atom. The third-order valence-electron chi connectivity index (χ3n) is 2.51. The molecular formula is C13H23NO5. The van der Waals surface area contributed by atoms with E-state index < -0.39 is 23.9 Å². The molecule has 1 amide bonds. The largest absolute Gasteiger partial charge is 0.480 e. The van der Waals surface area contributed by atoms with Crippen LogP contribution in [0.3, 0.4) is 0 Å². The van der Waals surface area contributed by atoms with Crippen LogP contribution < -0.4 is 5.32 Å². The van der Waals surface area contributed by atoms with Crippen molar-refractivity contribution in [3.63, 3.8) is 0 Å². The molecule has 0 fully saturated rings. The summed E-state index contributed by atoms with van der Waals surface area (Å²) >= 11 is 0. The maximum Gasteiger partial charge on any atom is 0.326 e. The van der Waals surface area contributed by atoms with E-state index in [1.54, 1.807) is 13.8 Å². The van der Waals surface area contributed by atoms with Gasteiger partial charge in [-0.05, 0) is 19.3 Å². The molecule has 0 aromatic carbocycles. The smallest absolute Gasteiger partial charge is 0.326 e. The van der Waals surface area contributed by atoms with E-state index in [0.717, 1.165) is 0 Å². The molecule has 110 valence electrons. The topological polar surface area (TPSA) is 92.7 Å². The average Bonchev–Trinajstić information content (AvgIpc) is 2.26. The monoisotopic (exact) mass is 273 g/mol. The van der Waals surface area contributed by atoms with E-state index in [-0.39, 0.29) is 31.3 Å². The van der Waals surface area contributed by atoms with E-state index in [0.29, 0.717) is 0 Å². The summed E-state index contributed by atoms with van der Waals surface area (Å²) in [4.78, 5) is 34.1. The Kier molecular flexibility index (Phi) is 7.79. The highest BCUT2D eigenvalue weighted by molar-refractivity contribution is 5.84. The zero-order valence-electron chi connectivity index (χ0n) is 11.9. The Bertz CT molecular complexity index is 327. The van der Waals surface area contributed by atoms with Gasteiger partial charge in [-0.15, -0.1) is 0 Å². The van der Waals surface area contributed by atoms with Gasteiger partial charge in [0, 0.05) is 6.42 Å². The second-order valence-corrected chi connectivity index (χ2v) is 4.95. The van der Waals surface area contributed by atoms with Gasteiger partial charge < -0.3 is 15.2 Å². The number of esters is 1. The summed E-state index contributed by atoms with van der Waals surface area (Å²) in [6.45, 7) is 7.26. The van der Waals surface area contributed by atoms with Crippen molar-refractivity contribution in [3.05, 3.63) is 0 Å². The van der Waals surface area contributed by atoms with Crippen LogP contribution in [-0.2, 0) is 19.1 Å². The maximum atomic E-state index is 11.6. The number of amides is 1. The number of aliphatic carboxylic acids is 1. The zero-order chi connectivity index (χ0) is 15.0. The van der Waals surface area contributed by atoms with Crippen molar-refractivity contribution < 1.29 is 24.2 Å². The number of carboxylic acid groups (broad SMARTS) is 1. The van der Waals surface area contributed by atoms with Crippen molar-refractivity contribution in [1.29, 1.82) is 0 Å². The van der Waals surface area contributed by atoms with Crippen LogP contribution >= 0.6 is 0 Å². The van der Waals surface area contributed by atoms with Gasteiger partial charge in [-0.1, -0.05) is 20.8 Å². The fourth-order valence-electron chi connectivity index (χ4n) is 1.58. The maximum absolute atomic E-state index is 11.6. The number of carboxylic acids is 1. The Morgan fingerprint density at radius 3 is 2.21 bits per heavy atom. The lowest BCUT2D eigenvalue weighted by Gasteiger charge is -2.18. The van der Waals surface area contributed by atoms with Crippen LogP contribution in [0.25, 0.3) is 0 Å². The van der Waals surface area contributed by atoms with Gasteiger partial charge >= 0.3 is 11.9 Å². The first-order valence-corrected chi connectivity index (χ1v) is 6.46. The molecule has 0 aliphatic carbocycles. The highest BCUT2D eigenvalue weighted by Crippen LogP contribution is 2.10. The van der Waals surface area contributed by atoms with Crippen molar-refractivity contribution in [2.75, 3.05) is 6.61 Å². The average molecular weight is 273 g/mol. The molecule has 19 heavy (non-hydrogen) atoms. The Morgan fingerprint density at radius 1 is 1.21 bits per heavy atom. The zero-order valence-corrected chi connectivity index (χ0v) is 11.9. The van der Waals surface area contributed by atoms with Crippen LogP contribution in [0.4, 0.5) is 0 Å². The highest BCUT2D eigenvalue weighted by Gasteiger charge is 2.26. The molecule has 6 nitrogen and oxygen atoms in total. The van der Waals surface area contributed by atoms with Gasteiger partial charge in [-0.3, -0.25) is 9.59 Å². The molecule has 0 bridgehead atoms. The number of ether oxygens (including phenoxy) is 1. The van der Waals surface area contributed by atoms with Gasteiger partial charge in [0.05, 0.1) is 12.5 Å². The molecular weight excluding hydrogens is 250 g/mol. The normalized spacial score (nSPS) is 13.7. The molecule has 0 spiro atoms. The molecule has 0 saturated carbocycles. The summed E-state index contributed by atoms with van der Waals surface area (Å²) in [6, 6.07) is -1.06. The predicted molar refractivity (Wildman–Crippen MR) is 69.4 cm³/mol. The second kappa shape index (κ2) is 8.50. The standard InChI is InChI=1S/C13H23NO5/c1-5-19-13(18)9(4)7-10(12(16)17)14-11(15)6-8(2)3/h8-10H,5-7H2,1-4H3,(H,14,15)(H,16,17)/t9-,10+/m1/s1. The number of hydrogen-bond acceptors (Lipinski definition) is 4. The molecule has 0 heterocycles. The molecule has 0 rings (SSSR count). The number of rotatable bonds is 8. The summed E-state index contributed by atoms with van der Waals surface area (Å²) in [6.07, 6.45) is 0.287. The molecule has 0 saturated heterocycles. The third-order valence-corrected chi connectivity index (χ3v) is 2.51. The molecule has 0 radical (unpaired) electrons. The Hall–Kier alpha value is -1.59. The van der Waals surface area contributed by atoms with Gasteiger partial charge in [0.1, 0.15) is 6.04 Å². The van der Waals surface area contributed by atoms with Crippen molar-refractivity contribution >= 4 is 17.8 Å². The molecule has 0 unspecified atom stereocenters. The number of hydrogen-bond donors (Lipinski definition) is 2. The van der Waals surface area contributed by atoms with Crippen LogP contribution in [0.15, 0.2) is 0 Å². The Labute approximate surface area is 113 Å². The Balaban J connectivity index is 4.45. The third kappa shape index (κ3) is 7.43. The van der Waals surface area contributed by atoms with Crippen molar-refractivity contribution in [1.82, 2.24) is 5.32 Å². The first-order valence-electron chi connectivity index (χ1n) is 6.46. The fraction of sp³-hybridized carbons (Fsp3) is 0.769. The summed E-state index contributed by atoms with van der Waals surface area (Å²) in [5, 5.41) is 11.5. The second-order valence-electron chi connectivity index (χ2n) is 4.95. The van der Waals surface area contributed by atoms with Crippen molar-refractivity contribution in [3.8, 4) is 0 Å². The SMILES string of the molecule is CCOC(=O)[C@H](C)C[C@H](NC(=O)CC(C)C)C(=O)O. The van der Waals surface area contributed by atoms with Gasteiger partial charge in [-0.2, -0.15) is 0 Å². The first-order chi connectivity index (χ1) is 8.77. The number of nitrogens with one attached hydrogen (secondary N) is 1. The van der Waals surface area contributed by atoms with E-state index in [1.165, 1.54) is 0 Å². The summed E-state index contributed by atoms with van der Waals surface area (Å²) in [7, 11) is 0. The quantitative estimate of drug-likeness (QED) is 0.648. The minimum absolute atomic E-state index is 0.0258. The number of carbonyl (C=O) groups excluding carboxylic acids is 2. The van der Waals surface area contributed by atoms with Gasteiger partial charge in [0.25, 0.3) is 0 Å². The van der Waals surface area contributed by atoms with Crippen LogP contribution in [-0.4, -0.2) is 35.6 Å². The molecule has 0 aromatic rings. The lowest BCUT2D eigenvalue weighted by Crippen LogP contribution is -2.43. The van der Waals surface area contributed by atoms with Crippen LogP contribution in [0.2, 0.25) is 0 Å². The molecule has 2 atom stereocenters. The van der Waals surface area contributed by atoms with Gasteiger partial charge in [-0.25, -0.2) is 4.79 Å². The molecule has 0 aliphatic rings. The van der Waals surface area contributed by atoms with Crippen LogP contribution in [0.1, 0.15) is 40.5 Å². The van der Waals surface area contributed by atoms with E-state index in [4.69, 9.17) is 9.84 Å². The van der Waals surface area contributed by atoms with Crippen molar-refractivity contribution in [2.45, 2.75) is 46.6 Å². The van der Waals surface area contributed by atoms with E-state index in [1.807, 2.05) is 13.8 Å². The minimum atomic E-state index is -1.15. The summed E-state index contributed by atoms with van der Waals surface area (Å²) in [5.41, 5.74) is 0.